The van der Waals surface area contributed by atoms with Crippen molar-refractivity contribution in [3.8, 4) is 0 Å². The second-order valence-corrected chi connectivity index (χ2v) is 7.85. The number of aromatic nitrogens is 1. The quantitative estimate of drug-likeness (QED) is 0.455. The fourth-order valence-electron chi connectivity index (χ4n) is 3.77. The van der Waals surface area contributed by atoms with Crippen molar-refractivity contribution in [1.82, 2.24) is 4.98 Å². The summed E-state index contributed by atoms with van der Waals surface area (Å²) in [5.41, 5.74) is 10.4. The summed E-state index contributed by atoms with van der Waals surface area (Å²) in [7, 11) is 0. The molecular formula is C25H29FN6. The molecule has 166 valence electrons. The summed E-state index contributed by atoms with van der Waals surface area (Å²) in [6.07, 6.45) is 2.83. The number of halogens is 1. The number of rotatable bonds is 6. The first-order valence-corrected chi connectivity index (χ1v) is 11.0. The number of aryl methyl sites for hydroxylation is 1. The Labute approximate surface area is 188 Å². The Bertz CT molecular complexity index is 1040. The third-order valence-electron chi connectivity index (χ3n) is 5.67. The predicted octanol–water partition coefficient (Wildman–Crippen LogP) is 4.04. The lowest BCUT2D eigenvalue weighted by molar-refractivity contribution is 0.624. The predicted molar refractivity (Wildman–Crippen MR) is 130 cm³/mol. The first kappa shape index (κ1) is 21.6. The molecule has 2 aromatic carbocycles. The van der Waals surface area contributed by atoms with E-state index in [2.05, 4.69) is 50.2 Å². The van der Waals surface area contributed by atoms with Crippen LogP contribution < -0.4 is 20.9 Å². The number of nitrogens with two attached hydrogens (primary N) is 1. The van der Waals surface area contributed by atoms with Gasteiger partial charge in [-0.05, 0) is 66.1 Å². The second kappa shape index (κ2) is 10.1. The van der Waals surface area contributed by atoms with Crippen LogP contribution in [0.2, 0.25) is 0 Å². The van der Waals surface area contributed by atoms with Crippen LogP contribution in [0.1, 0.15) is 18.1 Å². The fraction of sp³-hybridized carbons (Fsp3) is 0.280. The van der Waals surface area contributed by atoms with Crippen molar-refractivity contribution in [2.45, 2.75) is 19.9 Å². The molecule has 0 radical (unpaired) electrons. The number of nitrogens with zero attached hydrogens (tertiary/aromatic N) is 4. The van der Waals surface area contributed by atoms with E-state index in [1.54, 1.807) is 0 Å². The highest BCUT2D eigenvalue weighted by molar-refractivity contribution is 5.92. The van der Waals surface area contributed by atoms with E-state index in [1.165, 1.54) is 17.7 Å². The molecule has 1 aliphatic rings. The highest BCUT2D eigenvalue weighted by Crippen LogP contribution is 2.20. The average molecular weight is 433 g/mol. The molecule has 1 saturated heterocycles. The van der Waals surface area contributed by atoms with Gasteiger partial charge in [0.1, 0.15) is 11.6 Å². The average Bonchev–Trinajstić information content (AvgIpc) is 2.84. The summed E-state index contributed by atoms with van der Waals surface area (Å²) in [4.78, 5) is 13.6. The van der Waals surface area contributed by atoms with Gasteiger partial charge < -0.3 is 20.9 Å². The van der Waals surface area contributed by atoms with Gasteiger partial charge in [-0.25, -0.2) is 14.4 Å². The van der Waals surface area contributed by atoms with Gasteiger partial charge in [-0.3, -0.25) is 0 Å². The molecule has 2 heterocycles. The van der Waals surface area contributed by atoms with Gasteiger partial charge in [0, 0.05) is 43.8 Å². The molecule has 4 rings (SSSR count). The summed E-state index contributed by atoms with van der Waals surface area (Å²) in [6, 6.07) is 18.9. The van der Waals surface area contributed by atoms with Crippen molar-refractivity contribution in [1.29, 1.82) is 0 Å². The number of pyridine rings is 1. The van der Waals surface area contributed by atoms with Crippen molar-refractivity contribution in [2.24, 2.45) is 10.7 Å². The standard InChI is InChI=1S/C25H29FN6/c1-2-19-3-7-22(8-4-19)30-25(27)29-18-20-11-12-28-24(17-20)32-15-13-31(14-16-32)23-9-5-21(26)6-10-23/h3-12,17H,2,13-16,18H2,1H3,(H3,27,29,30). The monoisotopic (exact) mass is 432 g/mol. The lowest BCUT2D eigenvalue weighted by Gasteiger charge is -2.36. The Kier molecular flexibility index (Phi) is 6.84. The van der Waals surface area contributed by atoms with Gasteiger partial charge in [0.15, 0.2) is 5.96 Å². The molecule has 6 nitrogen and oxygen atoms in total. The third-order valence-corrected chi connectivity index (χ3v) is 5.67. The molecular weight excluding hydrogens is 403 g/mol. The molecule has 3 aromatic rings. The summed E-state index contributed by atoms with van der Waals surface area (Å²) >= 11 is 0. The van der Waals surface area contributed by atoms with Crippen molar-refractivity contribution in [3.63, 3.8) is 0 Å². The number of piperazine rings is 1. The maximum atomic E-state index is 13.2. The van der Waals surface area contributed by atoms with E-state index >= 15 is 0 Å². The number of benzene rings is 2. The van der Waals surface area contributed by atoms with Crippen LogP contribution in [0, 0.1) is 5.82 Å². The minimum absolute atomic E-state index is 0.207. The molecule has 3 N–H and O–H groups in total. The first-order valence-electron chi connectivity index (χ1n) is 11.0. The van der Waals surface area contributed by atoms with Crippen molar-refractivity contribution < 1.29 is 4.39 Å². The molecule has 0 spiro atoms. The molecule has 1 fully saturated rings. The molecule has 0 amide bonds. The lowest BCUT2D eigenvalue weighted by atomic mass is 10.1. The Morgan fingerprint density at radius 2 is 1.66 bits per heavy atom. The van der Waals surface area contributed by atoms with Crippen LogP contribution in [-0.2, 0) is 13.0 Å². The Balaban J connectivity index is 1.33. The van der Waals surface area contributed by atoms with E-state index in [4.69, 9.17) is 5.73 Å². The minimum atomic E-state index is -0.207. The maximum Gasteiger partial charge on any atom is 0.193 e. The normalized spacial score (nSPS) is 14.5. The van der Waals surface area contributed by atoms with E-state index in [0.29, 0.717) is 12.5 Å². The number of guanidine groups is 1. The number of anilines is 3. The van der Waals surface area contributed by atoms with E-state index in [9.17, 15) is 4.39 Å². The second-order valence-electron chi connectivity index (χ2n) is 7.85. The molecule has 32 heavy (non-hydrogen) atoms. The van der Waals surface area contributed by atoms with Crippen molar-refractivity contribution in [3.05, 3.63) is 83.8 Å². The van der Waals surface area contributed by atoms with Crippen LogP contribution in [0.4, 0.5) is 21.6 Å². The summed E-state index contributed by atoms with van der Waals surface area (Å²) in [6.45, 7) is 6.06. The highest BCUT2D eigenvalue weighted by Gasteiger charge is 2.18. The smallest absolute Gasteiger partial charge is 0.193 e. The Hall–Kier alpha value is -3.61. The number of hydrogen-bond acceptors (Lipinski definition) is 4. The molecule has 0 unspecified atom stereocenters. The highest BCUT2D eigenvalue weighted by atomic mass is 19.1. The van der Waals surface area contributed by atoms with Gasteiger partial charge >= 0.3 is 0 Å². The molecule has 1 aliphatic heterocycles. The van der Waals surface area contributed by atoms with E-state index < -0.39 is 0 Å². The lowest BCUT2D eigenvalue weighted by Crippen LogP contribution is -2.46. The minimum Gasteiger partial charge on any atom is -0.370 e. The van der Waals surface area contributed by atoms with Crippen LogP contribution in [0.3, 0.4) is 0 Å². The summed E-state index contributed by atoms with van der Waals surface area (Å²) in [5, 5.41) is 3.14. The zero-order valence-electron chi connectivity index (χ0n) is 18.3. The van der Waals surface area contributed by atoms with E-state index in [1.807, 2.05) is 36.5 Å². The van der Waals surface area contributed by atoms with Gasteiger partial charge in [-0.15, -0.1) is 0 Å². The zero-order valence-corrected chi connectivity index (χ0v) is 18.3. The summed E-state index contributed by atoms with van der Waals surface area (Å²) < 4.78 is 13.2. The number of nitrogens with one attached hydrogen (secondary N) is 1. The zero-order chi connectivity index (χ0) is 22.3. The maximum absolute atomic E-state index is 13.2. The van der Waals surface area contributed by atoms with Crippen molar-refractivity contribution >= 4 is 23.2 Å². The SMILES string of the molecule is CCc1ccc(NC(N)=NCc2ccnc(N3CCN(c4ccc(F)cc4)CC3)c2)cc1. The third kappa shape index (κ3) is 5.55. The van der Waals surface area contributed by atoms with Gasteiger partial charge in [0.05, 0.1) is 6.54 Å². The first-order chi connectivity index (χ1) is 15.6. The van der Waals surface area contributed by atoms with E-state index in [-0.39, 0.29) is 5.82 Å². The van der Waals surface area contributed by atoms with Gasteiger partial charge in [-0.1, -0.05) is 19.1 Å². The largest absolute Gasteiger partial charge is 0.370 e. The van der Waals surface area contributed by atoms with Crippen LogP contribution in [0.5, 0.6) is 0 Å². The molecule has 0 atom stereocenters. The fourth-order valence-corrected chi connectivity index (χ4v) is 3.77. The molecule has 0 saturated carbocycles. The van der Waals surface area contributed by atoms with Crippen LogP contribution in [0.25, 0.3) is 0 Å². The van der Waals surface area contributed by atoms with Crippen LogP contribution in [0.15, 0.2) is 71.9 Å². The topological polar surface area (TPSA) is 69.8 Å². The van der Waals surface area contributed by atoms with Gasteiger partial charge in [0.2, 0.25) is 0 Å². The molecule has 7 heteroatoms. The molecule has 0 aliphatic carbocycles. The van der Waals surface area contributed by atoms with Crippen LogP contribution in [-0.4, -0.2) is 37.1 Å². The summed E-state index contributed by atoms with van der Waals surface area (Å²) in [5.74, 6) is 1.12. The van der Waals surface area contributed by atoms with Gasteiger partial charge in [0.25, 0.3) is 0 Å². The van der Waals surface area contributed by atoms with E-state index in [0.717, 1.165) is 55.4 Å². The van der Waals surface area contributed by atoms with Crippen LogP contribution >= 0.6 is 0 Å². The molecule has 1 aromatic heterocycles. The van der Waals surface area contributed by atoms with Gasteiger partial charge in [-0.2, -0.15) is 0 Å². The number of aliphatic imine (C=N–C) groups is 1. The Morgan fingerprint density at radius 1 is 0.969 bits per heavy atom. The van der Waals surface area contributed by atoms with Crippen molar-refractivity contribution in [2.75, 3.05) is 41.3 Å². The Morgan fingerprint density at radius 3 is 2.34 bits per heavy atom. The molecule has 0 bridgehead atoms. The number of hydrogen-bond donors (Lipinski definition) is 2.